The summed E-state index contributed by atoms with van der Waals surface area (Å²) >= 11 is 0. The quantitative estimate of drug-likeness (QED) is 0.671. The number of likely N-dealkylation sites (tertiary alicyclic amines) is 1. The third-order valence-corrected chi connectivity index (χ3v) is 5.18. The Hall–Kier alpha value is -3.14. The van der Waals surface area contributed by atoms with Gasteiger partial charge in [0.25, 0.3) is 5.91 Å². The van der Waals surface area contributed by atoms with Crippen LogP contribution in [0.3, 0.4) is 0 Å². The van der Waals surface area contributed by atoms with Crippen molar-refractivity contribution >= 4 is 17.4 Å². The molecule has 1 atom stereocenters. The second kappa shape index (κ2) is 7.62. The summed E-state index contributed by atoms with van der Waals surface area (Å²) in [7, 11) is 2.01. The predicted octanol–water partition coefficient (Wildman–Crippen LogP) is 4.83. The maximum Gasteiger partial charge on any atom is 0.254 e. The fraction of sp³-hybridized carbons (Fsp3) is 0.217. The van der Waals surface area contributed by atoms with Crippen LogP contribution in [-0.2, 0) is 0 Å². The molecule has 27 heavy (non-hydrogen) atoms. The molecule has 1 aliphatic rings. The molecule has 1 aliphatic heterocycles. The molecule has 0 unspecified atom stereocenters. The predicted molar refractivity (Wildman–Crippen MR) is 108 cm³/mol. The van der Waals surface area contributed by atoms with Crippen molar-refractivity contribution in [1.29, 1.82) is 0 Å². The lowest BCUT2D eigenvalue weighted by Crippen LogP contribution is -2.30. The van der Waals surface area contributed by atoms with Crippen LogP contribution in [0.25, 0.3) is 0 Å². The SMILES string of the molecule is CN(c1ccccc1)c1ccc([C@@H]2CCCN2C(=O)c2ccccc2)cn1. The Kier molecular flexibility index (Phi) is 4.88. The molecule has 3 aromatic rings. The Labute approximate surface area is 160 Å². The van der Waals surface area contributed by atoms with Gasteiger partial charge < -0.3 is 9.80 Å². The molecular formula is C23H23N3O. The van der Waals surface area contributed by atoms with Gasteiger partial charge in [-0.2, -0.15) is 0 Å². The summed E-state index contributed by atoms with van der Waals surface area (Å²) in [5, 5.41) is 0. The number of benzene rings is 2. The summed E-state index contributed by atoms with van der Waals surface area (Å²) in [5.41, 5.74) is 2.94. The number of pyridine rings is 1. The highest BCUT2D eigenvalue weighted by Gasteiger charge is 2.30. The van der Waals surface area contributed by atoms with Gasteiger partial charge in [0.15, 0.2) is 0 Å². The Bertz CT molecular complexity index is 894. The topological polar surface area (TPSA) is 36.4 Å². The summed E-state index contributed by atoms with van der Waals surface area (Å²) in [6.07, 6.45) is 3.92. The molecule has 0 radical (unpaired) electrons. The highest BCUT2D eigenvalue weighted by Crippen LogP contribution is 2.33. The number of nitrogens with zero attached hydrogens (tertiary/aromatic N) is 3. The van der Waals surface area contributed by atoms with Crippen molar-refractivity contribution in [2.24, 2.45) is 0 Å². The first-order valence-corrected chi connectivity index (χ1v) is 9.35. The van der Waals surface area contributed by atoms with Crippen LogP contribution >= 0.6 is 0 Å². The van der Waals surface area contributed by atoms with Crippen molar-refractivity contribution in [1.82, 2.24) is 9.88 Å². The van der Waals surface area contributed by atoms with Gasteiger partial charge in [-0.3, -0.25) is 4.79 Å². The first-order valence-electron chi connectivity index (χ1n) is 9.35. The van der Waals surface area contributed by atoms with Crippen molar-refractivity contribution in [3.05, 3.63) is 90.1 Å². The lowest BCUT2D eigenvalue weighted by atomic mass is 10.1. The van der Waals surface area contributed by atoms with E-state index in [0.29, 0.717) is 0 Å². The first-order chi connectivity index (χ1) is 13.2. The molecule has 4 rings (SSSR count). The van der Waals surface area contributed by atoms with Crippen LogP contribution in [0.2, 0.25) is 0 Å². The van der Waals surface area contributed by atoms with Gasteiger partial charge in [0.05, 0.1) is 6.04 Å². The Morgan fingerprint density at radius 1 is 1.00 bits per heavy atom. The van der Waals surface area contributed by atoms with Crippen molar-refractivity contribution in [2.45, 2.75) is 18.9 Å². The number of hydrogen-bond donors (Lipinski definition) is 0. The molecule has 1 fully saturated rings. The van der Waals surface area contributed by atoms with Crippen LogP contribution in [0.4, 0.5) is 11.5 Å². The fourth-order valence-electron chi connectivity index (χ4n) is 3.68. The number of rotatable bonds is 4. The van der Waals surface area contributed by atoms with E-state index in [1.165, 1.54) is 0 Å². The van der Waals surface area contributed by atoms with Gasteiger partial charge >= 0.3 is 0 Å². The van der Waals surface area contributed by atoms with Crippen LogP contribution in [0, 0.1) is 0 Å². The first kappa shape index (κ1) is 17.3. The molecule has 1 aromatic heterocycles. The minimum Gasteiger partial charge on any atom is -0.332 e. The molecule has 2 heterocycles. The molecule has 0 aliphatic carbocycles. The number of carbonyl (C=O) groups is 1. The van der Waals surface area contributed by atoms with Gasteiger partial charge in [-0.15, -0.1) is 0 Å². The third-order valence-electron chi connectivity index (χ3n) is 5.18. The van der Waals surface area contributed by atoms with Crippen molar-refractivity contribution in [2.75, 3.05) is 18.5 Å². The van der Waals surface area contributed by atoms with Crippen molar-refractivity contribution < 1.29 is 4.79 Å². The number of hydrogen-bond acceptors (Lipinski definition) is 3. The standard InChI is InChI=1S/C23H23N3O/c1-25(20-11-6-3-7-12-20)22-15-14-19(17-24-22)21-13-8-16-26(21)23(27)18-9-4-2-5-10-18/h2-7,9-12,14-15,17,21H,8,13,16H2,1H3/t21-/m0/s1. The number of anilines is 2. The molecule has 4 heteroatoms. The number of para-hydroxylation sites is 1. The van der Waals surface area contributed by atoms with E-state index in [-0.39, 0.29) is 11.9 Å². The van der Waals surface area contributed by atoms with Crippen molar-refractivity contribution in [3.8, 4) is 0 Å². The summed E-state index contributed by atoms with van der Waals surface area (Å²) < 4.78 is 0. The van der Waals surface area contributed by atoms with Gasteiger partial charge in [-0.25, -0.2) is 4.98 Å². The molecule has 136 valence electrons. The third kappa shape index (κ3) is 3.56. The largest absolute Gasteiger partial charge is 0.332 e. The maximum absolute atomic E-state index is 12.9. The van der Waals surface area contributed by atoms with E-state index >= 15 is 0 Å². The van der Waals surface area contributed by atoms with Gasteiger partial charge in [-0.05, 0) is 48.7 Å². The van der Waals surface area contributed by atoms with Crippen molar-refractivity contribution in [3.63, 3.8) is 0 Å². The molecule has 1 saturated heterocycles. The average Bonchev–Trinajstić information content (AvgIpc) is 3.24. The summed E-state index contributed by atoms with van der Waals surface area (Å²) in [4.78, 5) is 21.6. The van der Waals surface area contributed by atoms with Crippen LogP contribution < -0.4 is 4.90 Å². The molecule has 0 N–H and O–H groups in total. The second-order valence-corrected chi connectivity index (χ2v) is 6.87. The molecular weight excluding hydrogens is 334 g/mol. The highest BCUT2D eigenvalue weighted by molar-refractivity contribution is 5.94. The number of carbonyl (C=O) groups excluding carboxylic acids is 1. The summed E-state index contributed by atoms with van der Waals surface area (Å²) in [6.45, 7) is 0.796. The van der Waals surface area contributed by atoms with Gasteiger partial charge in [-0.1, -0.05) is 42.5 Å². The van der Waals surface area contributed by atoms with Gasteiger partial charge in [0.2, 0.25) is 0 Å². The molecule has 1 amide bonds. The van der Waals surface area contributed by atoms with E-state index in [2.05, 4.69) is 28.1 Å². The minimum absolute atomic E-state index is 0.0984. The lowest BCUT2D eigenvalue weighted by Gasteiger charge is -2.26. The smallest absolute Gasteiger partial charge is 0.254 e. The van der Waals surface area contributed by atoms with Crippen LogP contribution in [-0.4, -0.2) is 29.4 Å². The molecule has 2 aromatic carbocycles. The Morgan fingerprint density at radius 3 is 2.37 bits per heavy atom. The zero-order chi connectivity index (χ0) is 18.6. The van der Waals surface area contributed by atoms with Crippen LogP contribution in [0.5, 0.6) is 0 Å². The zero-order valence-corrected chi connectivity index (χ0v) is 15.5. The second-order valence-electron chi connectivity index (χ2n) is 6.87. The molecule has 0 spiro atoms. The summed E-state index contributed by atoms with van der Waals surface area (Å²) in [5.74, 6) is 0.993. The van der Waals surface area contributed by atoms with Crippen LogP contribution in [0.15, 0.2) is 79.0 Å². The van der Waals surface area contributed by atoms with E-state index in [0.717, 1.165) is 42.0 Å². The fourth-order valence-corrected chi connectivity index (χ4v) is 3.68. The normalized spacial score (nSPS) is 16.3. The number of aromatic nitrogens is 1. The highest BCUT2D eigenvalue weighted by atomic mass is 16.2. The molecule has 0 bridgehead atoms. The summed E-state index contributed by atoms with van der Waals surface area (Å²) in [6, 6.07) is 23.9. The van der Waals surface area contributed by atoms with Gasteiger partial charge in [0.1, 0.15) is 5.82 Å². The van der Waals surface area contributed by atoms with E-state index in [4.69, 9.17) is 0 Å². The van der Waals surface area contributed by atoms with E-state index in [1.54, 1.807) is 0 Å². The lowest BCUT2D eigenvalue weighted by molar-refractivity contribution is 0.0735. The minimum atomic E-state index is 0.0984. The number of amides is 1. The van der Waals surface area contributed by atoms with Crippen LogP contribution in [0.1, 0.15) is 34.8 Å². The Balaban J connectivity index is 1.53. The maximum atomic E-state index is 12.9. The van der Waals surface area contributed by atoms with E-state index in [1.807, 2.05) is 72.7 Å². The molecule has 0 saturated carbocycles. The van der Waals surface area contributed by atoms with Gasteiger partial charge in [0, 0.05) is 31.0 Å². The zero-order valence-electron chi connectivity index (χ0n) is 15.5. The monoisotopic (exact) mass is 357 g/mol. The van der Waals surface area contributed by atoms with E-state index in [9.17, 15) is 4.79 Å². The molecule has 4 nitrogen and oxygen atoms in total. The van der Waals surface area contributed by atoms with E-state index < -0.39 is 0 Å². The Morgan fingerprint density at radius 2 is 1.70 bits per heavy atom. The average molecular weight is 357 g/mol.